The highest BCUT2D eigenvalue weighted by atomic mass is 16.5. The number of hydrogen-bond donors (Lipinski definition) is 0. The molecular formula is C15H16O3. The van der Waals surface area contributed by atoms with Crippen LogP contribution in [0.3, 0.4) is 0 Å². The van der Waals surface area contributed by atoms with Crippen molar-refractivity contribution in [3.05, 3.63) is 48.0 Å². The molecule has 0 radical (unpaired) electrons. The number of benzene rings is 2. The molecule has 0 saturated carbocycles. The second-order valence-electron chi connectivity index (χ2n) is 3.91. The minimum atomic E-state index is 0.594. The van der Waals surface area contributed by atoms with Gasteiger partial charge >= 0.3 is 0 Å². The summed E-state index contributed by atoms with van der Waals surface area (Å²) in [6, 6.07) is 13.4. The number of hydrogen-bond acceptors (Lipinski definition) is 3. The van der Waals surface area contributed by atoms with Crippen molar-refractivity contribution in [1.29, 1.82) is 0 Å². The topological polar surface area (TPSA) is 27.7 Å². The molecule has 94 valence electrons. The third-order valence-corrected chi connectivity index (χ3v) is 2.57. The second kappa shape index (κ2) is 5.45. The highest BCUT2D eigenvalue weighted by Crippen LogP contribution is 2.41. The smallest absolute Gasteiger partial charge is 0.211 e. The van der Waals surface area contributed by atoms with Crippen LogP contribution in [0.4, 0.5) is 0 Å². The van der Waals surface area contributed by atoms with Gasteiger partial charge in [-0.3, -0.25) is 0 Å². The first kappa shape index (κ1) is 12.3. The Labute approximate surface area is 107 Å². The summed E-state index contributed by atoms with van der Waals surface area (Å²) < 4.78 is 16.5. The van der Waals surface area contributed by atoms with Crippen LogP contribution in [0.2, 0.25) is 0 Å². The minimum absolute atomic E-state index is 0.594. The largest absolute Gasteiger partial charge is 0.493 e. The molecule has 18 heavy (non-hydrogen) atoms. The van der Waals surface area contributed by atoms with Crippen LogP contribution in [0.1, 0.15) is 5.56 Å². The highest BCUT2D eigenvalue weighted by Gasteiger charge is 2.13. The second-order valence-corrected chi connectivity index (χ2v) is 3.91. The molecule has 0 unspecified atom stereocenters. The van der Waals surface area contributed by atoms with Crippen molar-refractivity contribution in [3.63, 3.8) is 0 Å². The zero-order chi connectivity index (χ0) is 13.0. The molecule has 2 aromatic rings. The molecule has 3 nitrogen and oxygen atoms in total. The van der Waals surface area contributed by atoms with Crippen LogP contribution in [-0.4, -0.2) is 14.2 Å². The van der Waals surface area contributed by atoms with Crippen LogP contribution in [0, 0.1) is 6.92 Å². The van der Waals surface area contributed by atoms with Crippen LogP contribution in [0.5, 0.6) is 23.0 Å². The van der Waals surface area contributed by atoms with Crippen molar-refractivity contribution < 1.29 is 14.2 Å². The van der Waals surface area contributed by atoms with Crippen molar-refractivity contribution in [3.8, 4) is 23.0 Å². The summed E-state index contributed by atoms with van der Waals surface area (Å²) in [5, 5.41) is 0. The van der Waals surface area contributed by atoms with Crippen LogP contribution >= 0.6 is 0 Å². The lowest BCUT2D eigenvalue weighted by molar-refractivity contribution is 0.346. The molecule has 0 spiro atoms. The molecule has 0 aliphatic carbocycles. The van der Waals surface area contributed by atoms with E-state index in [1.807, 2.05) is 49.4 Å². The lowest BCUT2D eigenvalue weighted by Gasteiger charge is -2.14. The van der Waals surface area contributed by atoms with Gasteiger partial charge in [-0.15, -0.1) is 0 Å². The Bertz CT molecular complexity index is 496. The van der Waals surface area contributed by atoms with Crippen molar-refractivity contribution >= 4 is 0 Å². The van der Waals surface area contributed by atoms with E-state index in [1.165, 1.54) is 0 Å². The first-order chi connectivity index (χ1) is 8.74. The average molecular weight is 244 g/mol. The number of aryl methyl sites for hydroxylation is 1. The first-order valence-electron chi connectivity index (χ1n) is 5.70. The lowest BCUT2D eigenvalue weighted by atomic mass is 10.2. The van der Waals surface area contributed by atoms with Crippen LogP contribution in [-0.2, 0) is 0 Å². The normalized spacial score (nSPS) is 9.94. The third kappa shape index (κ3) is 2.56. The van der Waals surface area contributed by atoms with E-state index in [9.17, 15) is 0 Å². The molecular weight excluding hydrogens is 228 g/mol. The lowest BCUT2D eigenvalue weighted by Crippen LogP contribution is -1.95. The van der Waals surface area contributed by atoms with E-state index in [2.05, 4.69) is 0 Å². The molecule has 0 heterocycles. The standard InChI is InChI=1S/C15H16O3/c1-11-9-13(16-2)15(14(10-11)17-3)18-12-7-5-4-6-8-12/h4-10H,1-3H3. The number of ether oxygens (including phenoxy) is 3. The van der Waals surface area contributed by atoms with Crippen molar-refractivity contribution in [2.24, 2.45) is 0 Å². The van der Waals surface area contributed by atoms with Gasteiger partial charge in [0.2, 0.25) is 5.75 Å². The van der Waals surface area contributed by atoms with E-state index in [-0.39, 0.29) is 0 Å². The van der Waals surface area contributed by atoms with Crippen molar-refractivity contribution in [1.82, 2.24) is 0 Å². The molecule has 0 aliphatic heterocycles. The van der Waals surface area contributed by atoms with Gasteiger partial charge in [0.05, 0.1) is 14.2 Å². The zero-order valence-corrected chi connectivity index (χ0v) is 10.8. The van der Waals surface area contributed by atoms with Gasteiger partial charge in [-0.1, -0.05) is 18.2 Å². The fraction of sp³-hybridized carbons (Fsp3) is 0.200. The maximum absolute atomic E-state index is 5.83. The van der Waals surface area contributed by atoms with Gasteiger partial charge in [0.25, 0.3) is 0 Å². The summed E-state index contributed by atoms with van der Waals surface area (Å²) in [5.41, 5.74) is 1.06. The van der Waals surface area contributed by atoms with Gasteiger partial charge in [0.15, 0.2) is 11.5 Å². The average Bonchev–Trinajstić information content (AvgIpc) is 2.41. The molecule has 0 aromatic heterocycles. The number of rotatable bonds is 4. The van der Waals surface area contributed by atoms with Crippen molar-refractivity contribution in [2.45, 2.75) is 6.92 Å². The third-order valence-electron chi connectivity index (χ3n) is 2.57. The number of para-hydroxylation sites is 1. The van der Waals surface area contributed by atoms with Gasteiger partial charge < -0.3 is 14.2 Å². The molecule has 0 N–H and O–H groups in total. The Balaban J connectivity index is 2.42. The molecule has 0 aliphatic rings. The Hall–Kier alpha value is -2.16. The van der Waals surface area contributed by atoms with E-state index in [4.69, 9.17) is 14.2 Å². The summed E-state index contributed by atoms with van der Waals surface area (Å²) in [7, 11) is 3.23. The Morgan fingerprint density at radius 1 is 0.833 bits per heavy atom. The maximum Gasteiger partial charge on any atom is 0.211 e. The molecule has 0 bridgehead atoms. The molecule has 0 amide bonds. The van der Waals surface area contributed by atoms with E-state index in [1.54, 1.807) is 14.2 Å². The quantitative estimate of drug-likeness (QED) is 0.818. The summed E-state index contributed by atoms with van der Waals surface area (Å²) >= 11 is 0. The predicted molar refractivity (Wildman–Crippen MR) is 70.8 cm³/mol. The van der Waals surface area contributed by atoms with E-state index >= 15 is 0 Å². The Morgan fingerprint density at radius 3 is 1.89 bits per heavy atom. The van der Waals surface area contributed by atoms with E-state index < -0.39 is 0 Å². The van der Waals surface area contributed by atoms with Gasteiger partial charge in [-0.25, -0.2) is 0 Å². The minimum Gasteiger partial charge on any atom is -0.493 e. The summed E-state index contributed by atoms with van der Waals surface area (Å²) in [6.45, 7) is 1.98. The fourth-order valence-corrected chi connectivity index (χ4v) is 1.72. The SMILES string of the molecule is COc1cc(C)cc(OC)c1Oc1ccccc1. The fourth-order valence-electron chi connectivity index (χ4n) is 1.72. The predicted octanol–water partition coefficient (Wildman–Crippen LogP) is 3.80. The first-order valence-corrected chi connectivity index (χ1v) is 5.70. The van der Waals surface area contributed by atoms with Gasteiger partial charge in [0, 0.05) is 0 Å². The molecule has 0 fully saturated rings. The maximum atomic E-state index is 5.83. The summed E-state index contributed by atoms with van der Waals surface area (Å²) in [4.78, 5) is 0. The van der Waals surface area contributed by atoms with Crippen molar-refractivity contribution in [2.75, 3.05) is 14.2 Å². The van der Waals surface area contributed by atoms with E-state index in [0.717, 1.165) is 11.3 Å². The van der Waals surface area contributed by atoms with Crippen LogP contribution in [0.25, 0.3) is 0 Å². The molecule has 0 saturated heterocycles. The molecule has 0 atom stereocenters. The van der Waals surface area contributed by atoms with Crippen LogP contribution in [0.15, 0.2) is 42.5 Å². The summed E-state index contributed by atoms with van der Waals surface area (Å²) in [6.07, 6.45) is 0. The zero-order valence-electron chi connectivity index (χ0n) is 10.8. The van der Waals surface area contributed by atoms with E-state index in [0.29, 0.717) is 17.2 Å². The molecule has 3 heteroatoms. The Kier molecular flexibility index (Phi) is 3.72. The Morgan fingerprint density at radius 2 is 1.39 bits per heavy atom. The monoisotopic (exact) mass is 244 g/mol. The summed E-state index contributed by atoms with van der Waals surface area (Å²) in [5.74, 6) is 2.67. The molecule has 2 rings (SSSR count). The highest BCUT2D eigenvalue weighted by molar-refractivity contribution is 5.55. The van der Waals surface area contributed by atoms with Gasteiger partial charge in [-0.05, 0) is 36.8 Å². The molecule has 2 aromatic carbocycles. The number of methoxy groups -OCH3 is 2. The van der Waals surface area contributed by atoms with Gasteiger partial charge in [-0.2, -0.15) is 0 Å². The van der Waals surface area contributed by atoms with Gasteiger partial charge in [0.1, 0.15) is 5.75 Å². The van der Waals surface area contributed by atoms with Crippen LogP contribution < -0.4 is 14.2 Å².